The summed E-state index contributed by atoms with van der Waals surface area (Å²) in [6.07, 6.45) is 7.28. The minimum Gasteiger partial charge on any atom is -0.486 e. The molecule has 0 atom stereocenters. The van der Waals surface area contributed by atoms with Gasteiger partial charge in [-0.1, -0.05) is 29.7 Å². The first-order valence-electron chi connectivity index (χ1n) is 12.2. The number of benzene rings is 1. The van der Waals surface area contributed by atoms with Crippen LogP contribution in [0.1, 0.15) is 33.9 Å². The van der Waals surface area contributed by atoms with E-state index in [1.165, 1.54) is 10.6 Å². The van der Waals surface area contributed by atoms with Crippen LogP contribution in [0.5, 0.6) is 5.75 Å². The summed E-state index contributed by atoms with van der Waals surface area (Å²) < 4.78 is 9.74. The summed E-state index contributed by atoms with van der Waals surface area (Å²) in [6.45, 7) is 4.04. The molecule has 1 aromatic carbocycles. The van der Waals surface area contributed by atoms with Crippen LogP contribution in [0.25, 0.3) is 22.2 Å². The first-order valence-corrected chi connectivity index (χ1v) is 12.6. The lowest BCUT2D eigenvalue weighted by Gasteiger charge is -2.16. The Morgan fingerprint density at radius 3 is 2.62 bits per heavy atom. The molecule has 0 aliphatic carbocycles. The van der Waals surface area contributed by atoms with E-state index < -0.39 is 0 Å². The van der Waals surface area contributed by atoms with Crippen LogP contribution in [-0.4, -0.2) is 19.1 Å². The highest BCUT2D eigenvalue weighted by molar-refractivity contribution is 6.31. The standard InChI is InChI=1S/C31H24ClN5O2/c1-5-22-11-12-28(36(22)4)24-14-19(2)35-30-23(24)9-6-10-29(30)39-18-25-26(32)15-20(3)34-27(25)17-37-13-7-8-21(16-33)31(37)38/h1,6-15H,17-18H2,2-4H3. The molecule has 7 nitrogen and oxygen atoms in total. The van der Waals surface area contributed by atoms with Crippen LogP contribution in [-0.2, 0) is 20.2 Å². The summed E-state index contributed by atoms with van der Waals surface area (Å²) in [5.41, 5.74) is 5.95. The fraction of sp³-hybridized carbons (Fsp3) is 0.161. The number of nitrogens with zero attached hydrogens (tertiary/aromatic N) is 5. The number of hydrogen-bond donors (Lipinski definition) is 0. The summed E-state index contributed by atoms with van der Waals surface area (Å²) in [6, 6.07) is 18.6. The molecule has 0 radical (unpaired) electrons. The lowest BCUT2D eigenvalue weighted by Crippen LogP contribution is -2.23. The smallest absolute Gasteiger partial charge is 0.268 e. The molecule has 0 spiro atoms. The molecule has 0 amide bonds. The monoisotopic (exact) mass is 533 g/mol. The first-order chi connectivity index (χ1) is 18.8. The number of terminal acetylenes is 1. The van der Waals surface area contributed by atoms with Gasteiger partial charge in [0, 0.05) is 46.8 Å². The lowest BCUT2D eigenvalue weighted by molar-refractivity contribution is 0.307. The van der Waals surface area contributed by atoms with Crippen LogP contribution in [0.15, 0.2) is 65.6 Å². The number of nitriles is 1. The van der Waals surface area contributed by atoms with Crippen LogP contribution in [0.3, 0.4) is 0 Å². The van der Waals surface area contributed by atoms with Crippen molar-refractivity contribution < 1.29 is 4.74 Å². The van der Waals surface area contributed by atoms with Crippen molar-refractivity contribution in [2.24, 2.45) is 7.05 Å². The Hall–Kier alpha value is -4.85. The van der Waals surface area contributed by atoms with E-state index in [9.17, 15) is 10.1 Å². The third-order valence-electron chi connectivity index (χ3n) is 6.59. The minimum absolute atomic E-state index is 0.0645. The highest BCUT2D eigenvalue weighted by Crippen LogP contribution is 2.34. The van der Waals surface area contributed by atoms with Gasteiger partial charge in [-0.3, -0.25) is 9.78 Å². The van der Waals surface area contributed by atoms with E-state index in [0.717, 1.165) is 28.0 Å². The Morgan fingerprint density at radius 1 is 1.08 bits per heavy atom. The fourth-order valence-corrected chi connectivity index (χ4v) is 4.99. The zero-order valence-corrected chi connectivity index (χ0v) is 22.5. The molecule has 0 saturated carbocycles. The highest BCUT2D eigenvalue weighted by atomic mass is 35.5. The molecule has 8 heteroatoms. The van der Waals surface area contributed by atoms with Crippen LogP contribution in [0.4, 0.5) is 0 Å². The van der Waals surface area contributed by atoms with E-state index in [0.29, 0.717) is 33.2 Å². The summed E-state index contributed by atoms with van der Waals surface area (Å²) >= 11 is 6.65. The van der Waals surface area contributed by atoms with Crippen molar-refractivity contribution in [2.75, 3.05) is 0 Å². The minimum atomic E-state index is -0.388. The van der Waals surface area contributed by atoms with Gasteiger partial charge in [0.2, 0.25) is 0 Å². The number of aromatic nitrogens is 4. The SMILES string of the molecule is C#Cc1ccc(-c2cc(C)nc3c(OCc4c(Cl)cc(C)nc4Cn4cccc(C#N)c4=O)cccc23)n1C. The molecule has 0 N–H and O–H groups in total. The molecule has 0 aliphatic heterocycles. The Kier molecular flexibility index (Phi) is 6.94. The third-order valence-corrected chi connectivity index (χ3v) is 6.93. The van der Waals surface area contributed by atoms with Gasteiger partial charge in [-0.15, -0.1) is 6.42 Å². The van der Waals surface area contributed by atoms with Crippen molar-refractivity contribution >= 4 is 22.5 Å². The predicted molar refractivity (Wildman–Crippen MR) is 152 cm³/mol. The van der Waals surface area contributed by atoms with Gasteiger partial charge in [0.15, 0.2) is 0 Å². The van der Waals surface area contributed by atoms with Crippen LogP contribution in [0.2, 0.25) is 5.02 Å². The molecular formula is C31H24ClN5O2. The molecule has 192 valence electrons. The van der Waals surface area contributed by atoms with E-state index in [1.807, 2.05) is 67.9 Å². The van der Waals surface area contributed by atoms with Gasteiger partial charge < -0.3 is 13.9 Å². The van der Waals surface area contributed by atoms with E-state index in [1.54, 1.807) is 18.3 Å². The number of fused-ring (bicyclic) bond motifs is 1. The van der Waals surface area contributed by atoms with Crippen molar-refractivity contribution in [2.45, 2.75) is 27.0 Å². The molecule has 5 rings (SSSR count). The fourth-order valence-electron chi connectivity index (χ4n) is 4.67. The Labute approximate surface area is 230 Å². The predicted octanol–water partition coefficient (Wildman–Crippen LogP) is 5.55. The highest BCUT2D eigenvalue weighted by Gasteiger charge is 2.17. The largest absolute Gasteiger partial charge is 0.486 e. The van der Waals surface area contributed by atoms with E-state index in [4.69, 9.17) is 27.7 Å². The topological polar surface area (TPSA) is 85.7 Å². The average Bonchev–Trinajstić information content (AvgIpc) is 3.29. The quantitative estimate of drug-likeness (QED) is 0.267. The van der Waals surface area contributed by atoms with Crippen LogP contribution < -0.4 is 10.3 Å². The maximum atomic E-state index is 12.7. The number of aryl methyl sites for hydroxylation is 2. The van der Waals surface area contributed by atoms with Gasteiger partial charge in [0.05, 0.1) is 23.0 Å². The summed E-state index contributed by atoms with van der Waals surface area (Å²) in [5.74, 6) is 3.30. The van der Waals surface area contributed by atoms with Crippen molar-refractivity contribution in [1.29, 1.82) is 5.26 Å². The Bertz CT molecular complexity index is 1890. The zero-order chi connectivity index (χ0) is 27.7. The van der Waals surface area contributed by atoms with Crippen molar-refractivity contribution in [3.8, 4) is 35.4 Å². The molecule has 0 saturated heterocycles. The third kappa shape index (κ3) is 4.88. The second-order valence-corrected chi connectivity index (χ2v) is 9.60. The molecule has 5 aromatic rings. The molecule has 39 heavy (non-hydrogen) atoms. The molecule has 0 aliphatic rings. The molecule has 0 unspecified atom stereocenters. The van der Waals surface area contributed by atoms with Gasteiger partial charge in [-0.05, 0) is 56.3 Å². The van der Waals surface area contributed by atoms with Gasteiger partial charge in [-0.25, -0.2) is 4.98 Å². The molecule has 4 aromatic heterocycles. The molecule has 0 fully saturated rings. The van der Waals surface area contributed by atoms with Crippen LogP contribution in [0, 0.1) is 37.5 Å². The van der Waals surface area contributed by atoms with Gasteiger partial charge in [0.25, 0.3) is 5.56 Å². The maximum absolute atomic E-state index is 12.7. The maximum Gasteiger partial charge on any atom is 0.268 e. The first kappa shape index (κ1) is 25.8. The second-order valence-electron chi connectivity index (χ2n) is 9.20. The van der Waals surface area contributed by atoms with Crippen LogP contribution >= 0.6 is 11.6 Å². The van der Waals surface area contributed by atoms with Crippen molar-refractivity contribution in [3.05, 3.63) is 110 Å². The molecular weight excluding hydrogens is 510 g/mol. The van der Waals surface area contributed by atoms with Crippen molar-refractivity contribution in [1.82, 2.24) is 19.1 Å². The van der Waals surface area contributed by atoms with E-state index in [-0.39, 0.29) is 24.3 Å². The van der Waals surface area contributed by atoms with E-state index in [2.05, 4.69) is 10.9 Å². The van der Waals surface area contributed by atoms with Gasteiger partial charge >= 0.3 is 0 Å². The Balaban J connectivity index is 1.54. The number of rotatable bonds is 6. The molecule has 0 bridgehead atoms. The summed E-state index contributed by atoms with van der Waals surface area (Å²) in [4.78, 5) is 22.1. The number of hydrogen-bond acceptors (Lipinski definition) is 5. The number of para-hydroxylation sites is 1. The Morgan fingerprint density at radius 2 is 1.87 bits per heavy atom. The average molecular weight is 534 g/mol. The van der Waals surface area contributed by atoms with Gasteiger partial charge in [-0.2, -0.15) is 5.26 Å². The number of pyridine rings is 3. The summed E-state index contributed by atoms with van der Waals surface area (Å²) in [5, 5.41) is 10.7. The lowest BCUT2D eigenvalue weighted by atomic mass is 10.0. The zero-order valence-electron chi connectivity index (χ0n) is 21.7. The summed E-state index contributed by atoms with van der Waals surface area (Å²) in [7, 11) is 1.94. The normalized spacial score (nSPS) is 10.8. The van der Waals surface area contributed by atoms with Gasteiger partial charge in [0.1, 0.15) is 29.5 Å². The number of halogens is 1. The van der Waals surface area contributed by atoms with Crippen molar-refractivity contribution in [3.63, 3.8) is 0 Å². The van der Waals surface area contributed by atoms with E-state index >= 15 is 0 Å². The molecule has 4 heterocycles. The number of ether oxygens (including phenoxy) is 1. The second kappa shape index (κ2) is 10.5.